The average Bonchev–Trinajstić information content (AvgIpc) is 2.39. The molecular weight excluding hydrogens is 238 g/mol. The molecule has 0 amide bonds. The normalized spacial score (nSPS) is 20.3. The molecular formula is C15H25N3O. The zero-order chi connectivity index (χ0) is 13.9. The molecule has 4 heteroatoms. The zero-order valence-corrected chi connectivity index (χ0v) is 12.2. The van der Waals surface area contributed by atoms with Crippen LogP contribution in [0.15, 0.2) is 18.3 Å². The molecule has 2 heterocycles. The van der Waals surface area contributed by atoms with Gasteiger partial charge in [-0.1, -0.05) is 13.0 Å². The van der Waals surface area contributed by atoms with E-state index in [1.54, 1.807) is 0 Å². The minimum atomic E-state index is -0.515. The van der Waals surface area contributed by atoms with E-state index in [4.69, 9.17) is 0 Å². The number of anilines is 1. The first-order valence-corrected chi connectivity index (χ1v) is 7.19. The molecule has 1 aliphatic rings. The van der Waals surface area contributed by atoms with Gasteiger partial charge in [0.15, 0.2) is 0 Å². The fourth-order valence-corrected chi connectivity index (χ4v) is 2.63. The standard InChI is InChI=1S/C15H25N3O/c1-4-16-12(2)13-6-5-9-17-14(13)18-10-7-15(3,19)8-11-18/h5-6,9,12,16,19H,4,7-8,10-11H2,1-3H3. The second-order valence-electron chi connectivity index (χ2n) is 5.68. The van der Waals surface area contributed by atoms with Crippen molar-refractivity contribution < 1.29 is 5.11 Å². The summed E-state index contributed by atoms with van der Waals surface area (Å²) in [5.41, 5.74) is 0.726. The fraction of sp³-hybridized carbons (Fsp3) is 0.667. The molecule has 1 aromatic rings. The lowest BCUT2D eigenvalue weighted by atomic mass is 9.93. The Balaban J connectivity index is 2.16. The lowest BCUT2D eigenvalue weighted by Gasteiger charge is -2.37. The Kier molecular flexibility index (Phi) is 4.42. The van der Waals surface area contributed by atoms with Crippen LogP contribution in [0, 0.1) is 0 Å². The topological polar surface area (TPSA) is 48.4 Å². The molecule has 1 fully saturated rings. The summed E-state index contributed by atoms with van der Waals surface area (Å²) in [5.74, 6) is 1.06. The summed E-state index contributed by atoms with van der Waals surface area (Å²) in [6, 6.07) is 4.44. The van der Waals surface area contributed by atoms with Crippen LogP contribution in [0.1, 0.15) is 45.2 Å². The van der Waals surface area contributed by atoms with Gasteiger partial charge in [-0.15, -0.1) is 0 Å². The van der Waals surface area contributed by atoms with Crippen molar-refractivity contribution in [2.24, 2.45) is 0 Å². The summed E-state index contributed by atoms with van der Waals surface area (Å²) in [6.45, 7) is 8.90. The van der Waals surface area contributed by atoms with Gasteiger partial charge in [-0.25, -0.2) is 4.98 Å². The van der Waals surface area contributed by atoms with Gasteiger partial charge in [0.2, 0.25) is 0 Å². The van der Waals surface area contributed by atoms with E-state index < -0.39 is 5.60 Å². The maximum atomic E-state index is 10.0. The molecule has 0 radical (unpaired) electrons. The number of piperidine rings is 1. The summed E-state index contributed by atoms with van der Waals surface area (Å²) in [5, 5.41) is 13.5. The van der Waals surface area contributed by atoms with Gasteiger partial charge in [0.25, 0.3) is 0 Å². The lowest BCUT2D eigenvalue weighted by Crippen LogP contribution is -2.43. The van der Waals surface area contributed by atoms with Crippen LogP contribution < -0.4 is 10.2 Å². The molecule has 19 heavy (non-hydrogen) atoms. The van der Waals surface area contributed by atoms with Crippen LogP contribution in [0.25, 0.3) is 0 Å². The van der Waals surface area contributed by atoms with Crippen LogP contribution in [0.4, 0.5) is 5.82 Å². The molecule has 2 rings (SSSR count). The Bertz CT molecular complexity index is 410. The molecule has 0 aliphatic carbocycles. The van der Waals surface area contributed by atoms with Gasteiger partial charge in [0, 0.05) is 30.9 Å². The van der Waals surface area contributed by atoms with Crippen LogP contribution in [-0.2, 0) is 0 Å². The second kappa shape index (κ2) is 5.88. The third kappa shape index (κ3) is 3.45. The van der Waals surface area contributed by atoms with Gasteiger partial charge in [-0.3, -0.25) is 0 Å². The molecule has 1 unspecified atom stereocenters. The minimum Gasteiger partial charge on any atom is -0.390 e. The molecule has 4 nitrogen and oxygen atoms in total. The highest BCUT2D eigenvalue weighted by Crippen LogP contribution is 2.29. The Morgan fingerprint density at radius 2 is 2.16 bits per heavy atom. The third-order valence-corrected chi connectivity index (χ3v) is 3.93. The number of rotatable bonds is 4. The van der Waals surface area contributed by atoms with E-state index in [1.165, 1.54) is 5.56 Å². The molecule has 0 bridgehead atoms. The number of aromatic nitrogens is 1. The number of pyridine rings is 1. The van der Waals surface area contributed by atoms with E-state index in [-0.39, 0.29) is 0 Å². The van der Waals surface area contributed by atoms with E-state index in [0.717, 1.165) is 38.3 Å². The molecule has 0 spiro atoms. The van der Waals surface area contributed by atoms with Crippen LogP contribution in [0.5, 0.6) is 0 Å². The Morgan fingerprint density at radius 1 is 1.47 bits per heavy atom. The highest BCUT2D eigenvalue weighted by atomic mass is 16.3. The predicted molar refractivity (Wildman–Crippen MR) is 78.4 cm³/mol. The van der Waals surface area contributed by atoms with Gasteiger partial charge >= 0.3 is 0 Å². The van der Waals surface area contributed by atoms with Crippen molar-refractivity contribution in [2.75, 3.05) is 24.5 Å². The molecule has 1 atom stereocenters. The molecule has 0 saturated carbocycles. The van der Waals surface area contributed by atoms with Crippen molar-refractivity contribution in [3.63, 3.8) is 0 Å². The molecule has 1 saturated heterocycles. The predicted octanol–water partition coefficient (Wildman–Crippen LogP) is 2.10. The highest BCUT2D eigenvalue weighted by molar-refractivity contribution is 5.48. The first-order valence-electron chi connectivity index (χ1n) is 7.19. The Labute approximate surface area is 115 Å². The summed E-state index contributed by atoms with van der Waals surface area (Å²) in [4.78, 5) is 6.85. The summed E-state index contributed by atoms with van der Waals surface area (Å²) in [7, 11) is 0. The average molecular weight is 263 g/mol. The minimum absolute atomic E-state index is 0.302. The number of hydrogen-bond donors (Lipinski definition) is 2. The highest BCUT2D eigenvalue weighted by Gasteiger charge is 2.29. The monoisotopic (exact) mass is 263 g/mol. The first kappa shape index (κ1) is 14.3. The largest absolute Gasteiger partial charge is 0.390 e. The molecule has 106 valence electrons. The molecule has 2 N–H and O–H groups in total. The fourth-order valence-electron chi connectivity index (χ4n) is 2.63. The van der Waals surface area contributed by atoms with E-state index in [2.05, 4.69) is 35.1 Å². The first-order chi connectivity index (χ1) is 9.03. The van der Waals surface area contributed by atoms with Crippen molar-refractivity contribution in [3.05, 3.63) is 23.9 Å². The third-order valence-electron chi connectivity index (χ3n) is 3.93. The van der Waals surface area contributed by atoms with Crippen molar-refractivity contribution in [2.45, 2.75) is 45.3 Å². The SMILES string of the molecule is CCNC(C)c1cccnc1N1CCC(C)(O)CC1. The van der Waals surface area contributed by atoms with Crippen molar-refractivity contribution in [1.29, 1.82) is 0 Å². The van der Waals surface area contributed by atoms with Gasteiger partial charge < -0.3 is 15.3 Å². The Morgan fingerprint density at radius 3 is 2.79 bits per heavy atom. The van der Waals surface area contributed by atoms with Gasteiger partial charge in [0.05, 0.1) is 5.60 Å². The number of nitrogens with one attached hydrogen (secondary N) is 1. The van der Waals surface area contributed by atoms with Crippen LogP contribution >= 0.6 is 0 Å². The zero-order valence-electron chi connectivity index (χ0n) is 12.2. The smallest absolute Gasteiger partial charge is 0.133 e. The molecule has 1 aromatic heterocycles. The second-order valence-corrected chi connectivity index (χ2v) is 5.68. The van der Waals surface area contributed by atoms with E-state index in [9.17, 15) is 5.11 Å². The van der Waals surface area contributed by atoms with Crippen molar-refractivity contribution in [3.8, 4) is 0 Å². The maximum Gasteiger partial charge on any atom is 0.133 e. The number of aliphatic hydroxyl groups is 1. The lowest BCUT2D eigenvalue weighted by molar-refractivity contribution is 0.0350. The molecule has 1 aliphatic heterocycles. The van der Waals surface area contributed by atoms with Gasteiger partial charge in [-0.2, -0.15) is 0 Å². The summed E-state index contributed by atoms with van der Waals surface area (Å²) < 4.78 is 0. The van der Waals surface area contributed by atoms with Gasteiger partial charge in [-0.05, 0) is 39.3 Å². The van der Waals surface area contributed by atoms with E-state index >= 15 is 0 Å². The summed E-state index contributed by atoms with van der Waals surface area (Å²) >= 11 is 0. The molecule has 0 aromatic carbocycles. The van der Waals surface area contributed by atoms with Crippen molar-refractivity contribution >= 4 is 5.82 Å². The van der Waals surface area contributed by atoms with Gasteiger partial charge in [0.1, 0.15) is 5.82 Å². The van der Waals surface area contributed by atoms with E-state index in [1.807, 2.05) is 19.2 Å². The van der Waals surface area contributed by atoms with Crippen LogP contribution in [0.3, 0.4) is 0 Å². The van der Waals surface area contributed by atoms with E-state index in [0.29, 0.717) is 6.04 Å². The van der Waals surface area contributed by atoms with Crippen molar-refractivity contribution in [1.82, 2.24) is 10.3 Å². The summed E-state index contributed by atoms with van der Waals surface area (Å²) in [6.07, 6.45) is 3.46. The quantitative estimate of drug-likeness (QED) is 0.873. The Hall–Kier alpha value is -1.13. The maximum absolute atomic E-state index is 10.0. The number of hydrogen-bond acceptors (Lipinski definition) is 4. The van der Waals surface area contributed by atoms with Crippen LogP contribution in [0.2, 0.25) is 0 Å². The van der Waals surface area contributed by atoms with Crippen LogP contribution in [-0.4, -0.2) is 35.3 Å². The number of nitrogens with zero attached hydrogens (tertiary/aromatic N) is 2.